The van der Waals surface area contributed by atoms with Crippen molar-refractivity contribution in [3.05, 3.63) is 47.5 Å². The number of nitrogens with two attached hydrogens (primary N) is 2. The van der Waals surface area contributed by atoms with Crippen molar-refractivity contribution in [2.24, 2.45) is 0 Å². The van der Waals surface area contributed by atoms with Crippen LogP contribution >= 0.6 is 0 Å². The van der Waals surface area contributed by atoms with Crippen LogP contribution in [0.4, 0.5) is 11.4 Å². The maximum Gasteiger partial charge on any atom is 1.00 e. The molecule has 0 aromatic heterocycles. The molecule has 2 rings (SSSR count). The van der Waals surface area contributed by atoms with Crippen LogP contribution in [0.5, 0.6) is 0 Å². The summed E-state index contributed by atoms with van der Waals surface area (Å²) in [7, 11) is -9.05. The molecule has 0 aliphatic rings. The molecule has 0 spiro atoms. The van der Waals surface area contributed by atoms with E-state index < -0.39 is 30.0 Å². The maximum absolute atomic E-state index is 11.4. The third-order valence-electron chi connectivity index (χ3n) is 3.07. The Kier molecular flexibility index (Phi) is 6.81. The van der Waals surface area contributed by atoms with Crippen molar-refractivity contribution in [2.45, 2.75) is 9.79 Å². The molecule has 0 fully saturated rings. The van der Waals surface area contributed by atoms with Crippen LogP contribution in [-0.4, -0.2) is 25.9 Å². The zero-order valence-corrected chi connectivity index (χ0v) is 16.8. The summed E-state index contributed by atoms with van der Waals surface area (Å²) in [6, 6.07) is 7.67. The van der Waals surface area contributed by atoms with Gasteiger partial charge >= 0.3 is 29.6 Å². The number of anilines is 2. The molecule has 0 aliphatic heterocycles. The van der Waals surface area contributed by atoms with Crippen LogP contribution in [0, 0.1) is 0 Å². The predicted octanol–water partition coefficient (Wildman–Crippen LogP) is -1.37. The normalized spacial score (nSPS) is 12.1. The fraction of sp³-hybridized carbons (Fsp3) is 0. The number of hydrogen-bond donors (Lipinski definition) is 4. The smallest absolute Gasteiger partial charge is 1.00 e. The minimum absolute atomic E-state index is 0. The zero-order chi connectivity index (χ0) is 18.1. The van der Waals surface area contributed by atoms with Crippen LogP contribution in [-0.2, 0) is 20.2 Å². The Labute approximate surface area is 168 Å². The van der Waals surface area contributed by atoms with Crippen LogP contribution in [0.3, 0.4) is 0 Å². The van der Waals surface area contributed by atoms with Crippen molar-refractivity contribution in [1.82, 2.24) is 0 Å². The van der Waals surface area contributed by atoms with Gasteiger partial charge in [0.05, 0.1) is 0 Å². The van der Waals surface area contributed by atoms with Gasteiger partial charge in [-0.25, -0.2) is 0 Å². The standard InChI is InChI=1S/C14H14N2O6S2.Na.H/c15-11-5-3-9(13(7-11)23(17,18)19)1-2-10-4-6-12(16)8-14(10)24(20,21)22;;/h1-8H,15-16H2,(H,17,18,19)(H,20,21,22);;/q;+1;-1. The average Bonchev–Trinajstić information content (AvgIpc) is 2.45. The van der Waals surface area contributed by atoms with Crippen LogP contribution in [0.2, 0.25) is 0 Å². The Bertz CT molecular complexity index is 956. The largest absolute Gasteiger partial charge is 1.00 e. The molecule has 0 heterocycles. The second-order valence-corrected chi connectivity index (χ2v) is 7.66. The first kappa shape index (κ1) is 21.6. The van der Waals surface area contributed by atoms with E-state index in [9.17, 15) is 25.9 Å². The van der Waals surface area contributed by atoms with Crippen molar-refractivity contribution >= 4 is 43.8 Å². The molecule has 130 valence electrons. The molecule has 0 radical (unpaired) electrons. The summed E-state index contributed by atoms with van der Waals surface area (Å²) in [5.41, 5.74) is 11.4. The minimum atomic E-state index is -4.52. The molecule has 11 heteroatoms. The van der Waals surface area contributed by atoms with Crippen molar-refractivity contribution in [2.75, 3.05) is 11.5 Å². The van der Waals surface area contributed by atoms with E-state index in [1.54, 1.807) is 0 Å². The molecule has 6 N–H and O–H groups in total. The van der Waals surface area contributed by atoms with Gasteiger partial charge < -0.3 is 12.9 Å². The van der Waals surface area contributed by atoms with Gasteiger partial charge in [-0.15, -0.1) is 0 Å². The van der Waals surface area contributed by atoms with E-state index in [1.807, 2.05) is 0 Å². The van der Waals surface area contributed by atoms with E-state index in [4.69, 9.17) is 11.5 Å². The van der Waals surface area contributed by atoms with Gasteiger partial charge in [-0.3, -0.25) is 9.11 Å². The molecular weight excluding hydrogens is 379 g/mol. The summed E-state index contributed by atoms with van der Waals surface area (Å²) in [6.07, 6.45) is 2.53. The third-order valence-corrected chi connectivity index (χ3v) is 4.89. The summed E-state index contributed by atoms with van der Waals surface area (Å²) in [6.45, 7) is 0. The van der Waals surface area contributed by atoms with Gasteiger partial charge in [-0.05, 0) is 35.4 Å². The van der Waals surface area contributed by atoms with Crippen LogP contribution in [0.15, 0.2) is 46.2 Å². The van der Waals surface area contributed by atoms with Gasteiger partial charge in [-0.2, -0.15) is 16.8 Å². The second-order valence-electron chi connectivity index (χ2n) is 4.88. The number of rotatable bonds is 4. The molecule has 0 aliphatic carbocycles. The van der Waals surface area contributed by atoms with E-state index in [1.165, 1.54) is 36.4 Å². The van der Waals surface area contributed by atoms with Gasteiger partial charge in [0.2, 0.25) is 0 Å². The number of hydrogen-bond acceptors (Lipinski definition) is 6. The Balaban J connectivity index is 0.00000312. The fourth-order valence-electron chi connectivity index (χ4n) is 2.00. The topological polar surface area (TPSA) is 161 Å². The molecule has 0 saturated heterocycles. The zero-order valence-electron chi connectivity index (χ0n) is 14.1. The van der Waals surface area contributed by atoms with Crippen molar-refractivity contribution in [1.29, 1.82) is 0 Å². The molecule has 25 heavy (non-hydrogen) atoms. The SMILES string of the molecule is Nc1ccc(C=Cc2ccc(N)cc2S(=O)(=O)O)c(S(=O)(=O)O)c1.[H-].[Na+]. The van der Waals surface area contributed by atoms with Crippen molar-refractivity contribution < 1.29 is 56.9 Å². The Morgan fingerprint density at radius 3 is 1.36 bits per heavy atom. The third kappa shape index (κ3) is 5.54. The second kappa shape index (κ2) is 7.87. The summed E-state index contributed by atoms with van der Waals surface area (Å²) in [5, 5.41) is 0. The maximum atomic E-state index is 11.4. The average molecular weight is 394 g/mol. The molecule has 0 saturated carbocycles. The van der Waals surface area contributed by atoms with E-state index >= 15 is 0 Å². The first-order valence-electron chi connectivity index (χ1n) is 6.40. The van der Waals surface area contributed by atoms with Crippen LogP contribution in [0.25, 0.3) is 12.2 Å². The summed E-state index contributed by atoms with van der Waals surface area (Å²) < 4.78 is 64.1. The number of nitrogen functional groups attached to an aromatic ring is 2. The fourth-order valence-corrected chi connectivity index (χ4v) is 3.44. The van der Waals surface area contributed by atoms with Gasteiger partial charge in [0.1, 0.15) is 9.79 Å². The molecule has 2 aromatic carbocycles. The molecular formula is C14H15N2NaO6S2. The summed E-state index contributed by atoms with van der Waals surface area (Å²) >= 11 is 0. The molecule has 0 amide bonds. The molecule has 0 unspecified atom stereocenters. The van der Waals surface area contributed by atoms with Crippen molar-refractivity contribution in [3.8, 4) is 0 Å². The van der Waals surface area contributed by atoms with Crippen LogP contribution < -0.4 is 41.0 Å². The van der Waals surface area contributed by atoms with E-state index in [2.05, 4.69) is 0 Å². The van der Waals surface area contributed by atoms with Gasteiger partial charge in [0.15, 0.2) is 0 Å². The van der Waals surface area contributed by atoms with E-state index in [0.717, 1.165) is 12.1 Å². The Hall–Kier alpha value is -1.40. The summed E-state index contributed by atoms with van der Waals surface area (Å²) in [4.78, 5) is -0.856. The first-order valence-corrected chi connectivity index (χ1v) is 9.28. The van der Waals surface area contributed by atoms with Gasteiger partial charge in [0.25, 0.3) is 20.2 Å². The van der Waals surface area contributed by atoms with Gasteiger partial charge in [0, 0.05) is 11.4 Å². The van der Waals surface area contributed by atoms with Gasteiger partial charge in [-0.1, -0.05) is 24.3 Å². The van der Waals surface area contributed by atoms with Crippen LogP contribution in [0.1, 0.15) is 12.6 Å². The molecule has 0 atom stereocenters. The molecule has 0 bridgehead atoms. The van der Waals surface area contributed by atoms with Crippen molar-refractivity contribution in [3.63, 3.8) is 0 Å². The predicted molar refractivity (Wildman–Crippen MR) is 91.4 cm³/mol. The minimum Gasteiger partial charge on any atom is -1.00 e. The van der Waals surface area contributed by atoms with E-state index in [0.29, 0.717) is 0 Å². The van der Waals surface area contributed by atoms with E-state index in [-0.39, 0.29) is 53.5 Å². The number of benzene rings is 2. The first-order chi connectivity index (χ1) is 11.0. The summed E-state index contributed by atoms with van der Waals surface area (Å²) in [5.74, 6) is 0. The Morgan fingerprint density at radius 1 is 0.760 bits per heavy atom. The molecule has 8 nitrogen and oxygen atoms in total. The quantitative estimate of drug-likeness (QED) is 0.214. The molecule has 2 aromatic rings. The Morgan fingerprint density at radius 2 is 1.08 bits per heavy atom. The monoisotopic (exact) mass is 394 g/mol.